The van der Waals surface area contributed by atoms with Crippen molar-refractivity contribution < 1.29 is 14.3 Å². The number of nitrogens with one attached hydrogen (secondary N) is 3. The fourth-order valence-corrected chi connectivity index (χ4v) is 3.40. The van der Waals surface area contributed by atoms with Gasteiger partial charge in [0, 0.05) is 13.0 Å². The molecule has 1 aliphatic carbocycles. The van der Waals surface area contributed by atoms with Crippen LogP contribution in [0, 0.1) is 5.92 Å². The molecule has 0 aromatic heterocycles. The molecule has 3 rings (SSSR count). The molecule has 1 aromatic carbocycles. The topological polar surface area (TPSA) is 71.6 Å². The van der Waals surface area contributed by atoms with Gasteiger partial charge in [0.1, 0.15) is 0 Å². The smallest absolute Gasteiger partial charge is 0.238 e. The van der Waals surface area contributed by atoms with E-state index in [-0.39, 0.29) is 12.7 Å². The molecule has 1 aromatic rings. The molecule has 136 valence electrons. The molecule has 1 aliphatic heterocycles. The van der Waals surface area contributed by atoms with Crippen molar-refractivity contribution in [2.45, 2.75) is 51.5 Å². The van der Waals surface area contributed by atoms with Gasteiger partial charge in [0.15, 0.2) is 16.6 Å². The molecule has 0 atom stereocenters. The Balaban J connectivity index is 1.31. The minimum atomic E-state index is -0.0159. The van der Waals surface area contributed by atoms with Gasteiger partial charge in [-0.3, -0.25) is 15.6 Å². The number of hydrazine groups is 1. The Hall–Kier alpha value is -2.02. The molecule has 7 heteroatoms. The zero-order valence-electron chi connectivity index (χ0n) is 14.3. The first kappa shape index (κ1) is 17.8. The minimum absolute atomic E-state index is 0.0159. The van der Waals surface area contributed by atoms with Gasteiger partial charge in [-0.2, -0.15) is 0 Å². The molecule has 1 heterocycles. The highest BCUT2D eigenvalue weighted by Crippen LogP contribution is 2.32. The van der Waals surface area contributed by atoms with E-state index in [1.165, 1.54) is 32.1 Å². The van der Waals surface area contributed by atoms with E-state index < -0.39 is 0 Å². The molecule has 1 amide bonds. The predicted octanol–water partition coefficient (Wildman–Crippen LogP) is 2.77. The van der Waals surface area contributed by atoms with Crippen molar-refractivity contribution in [3.63, 3.8) is 0 Å². The molecular weight excluding hydrogens is 338 g/mol. The Labute approximate surface area is 153 Å². The highest BCUT2D eigenvalue weighted by Gasteiger charge is 2.15. The van der Waals surface area contributed by atoms with E-state index in [0.29, 0.717) is 24.0 Å². The number of fused-ring (bicyclic) bond motifs is 1. The summed E-state index contributed by atoms with van der Waals surface area (Å²) in [6.45, 7) is 0.805. The van der Waals surface area contributed by atoms with E-state index in [0.717, 1.165) is 23.5 Å². The van der Waals surface area contributed by atoms with Crippen LogP contribution in [0.3, 0.4) is 0 Å². The summed E-state index contributed by atoms with van der Waals surface area (Å²) in [6, 6.07) is 5.75. The Kier molecular flexibility index (Phi) is 6.33. The number of rotatable bonds is 5. The standard InChI is InChI=1S/C18H25N3O3S/c22-17(9-7-13-4-2-1-3-5-13)20-21-18(25)19-11-14-6-8-15-16(10-14)24-12-23-15/h6,8,10,13H,1-5,7,9,11-12H2,(H,20,22)(H2,19,21,25). The van der Waals surface area contributed by atoms with E-state index in [4.69, 9.17) is 21.7 Å². The van der Waals surface area contributed by atoms with Crippen LogP contribution in [0.2, 0.25) is 0 Å². The summed E-state index contributed by atoms with van der Waals surface area (Å²) in [7, 11) is 0. The molecular formula is C18H25N3O3S. The van der Waals surface area contributed by atoms with E-state index in [9.17, 15) is 4.79 Å². The molecule has 3 N–H and O–H groups in total. The lowest BCUT2D eigenvalue weighted by atomic mass is 9.86. The van der Waals surface area contributed by atoms with Gasteiger partial charge in [-0.1, -0.05) is 38.2 Å². The first-order valence-electron chi connectivity index (χ1n) is 8.92. The third-order valence-corrected chi connectivity index (χ3v) is 4.96. The third kappa shape index (κ3) is 5.49. The van der Waals surface area contributed by atoms with Gasteiger partial charge in [0.05, 0.1) is 0 Å². The zero-order valence-corrected chi connectivity index (χ0v) is 15.1. The van der Waals surface area contributed by atoms with Gasteiger partial charge in [-0.05, 0) is 42.3 Å². The highest BCUT2D eigenvalue weighted by atomic mass is 32.1. The fourth-order valence-electron chi connectivity index (χ4n) is 3.28. The average Bonchev–Trinajstić information content (AvgIpc) is 3.11. The van der Waals surface area contributed by atoms with Crippen LogP contribution in [0.4, 0.5) is 0 Å². The summed E-state index contributed by atoms with van der Waals surface area (Å²) < 4.78 is 10.6. The Morgan fingerprint density at radius 3 is 2.76 bits per heavy atom. The molecule has 25 heavy (non-hydrogen) atoms. The van der Waals surface area contributed by atoms with Crippen LogP contribution in [-0.2, 0) is 11.3 Å². The van der Waals surface area contributed by atoms with Crippen LogP contribution < -0.4 is 25.6 Å². The molecule has 1 saturated carbocycles. The number of carbonyl (C=O) groups is 1. The second-order valence-electron chi connectivity index (χ2n) is 6.59. The largest absolute Gasteiger partial charge is 0.454 e. The molecule has 0 spiro atoms. The molecule has 0 bridgehead atoms. The van der Waals surface area contributed by atoms with Crippen molar-refractivity contribution in [3.05, 3.63) is 23.8 Å². The normalized spacial score (nSPS) is 16.3. The molecule has 0 unspecified atom stereocenters. The van der Waals surface area contributed by atoms with Gasteiger partial charge in [-0.25, -0.2) is 0 Å². The summed E-state index contributed by atoms with van der Waals surface area (Å²) in [5.41, 5.74) is 6.45. The van der Waals surface area contributed by atoms with Crippen molar-refractivity contribution in [2.75, 3.05) is 6.79 Å². The lowest BCUT2D eigenvalue weighted by Gasteiger charge is -2.21. The quantitative estimate of drug-likeness (QED) is 0.552. The van der Waals surface area contributed by atoms with E-state index in [1.54, 1.807) is 0 Å². The summed E-state index contributed by atoms with van der Waals surface area (Å²) in [4.78, 5) is 11.9. The van der Waals surface area contributed by atoms with Crippen molar-refractivity contribution in [1.29, 1.82) is 0 Å². The number of hydrogen-bond donors (Lipinski definition) is 3. The Morgan fingerprint density at radius 2 is 1.92 bits per heavy atom. The van der Waals surface area contributed by atoms with E-state index in [2.05, 4.69) is 16.2 Å². The van der Waals surface area contributed by atoms with Gasteiger partial charge in [0.2, 0.25) is 12.7 Å². The maximum absolute atomic E-state index is 11.9. The van der Waals surface area contributed by atoms with Gasteiger partial charge in [0.25, 0.3) is 0 Å². The van der Waals surface area contributed by atoms with Crippen LogP contribution in [-0.4, -0.2) is 17.8 Å². The second-order valence-corrected chi connectivity index (χ2v) is 6.99. The predicted molar refractivity (Wildman–Crippen MR) is 99.1 cm³/mol. The molecule has 0 radical (unpaired) electrons. The van der Waals surface area contributed by atoms with Gasteiger partial charge < -0.3 is 14.8 Å². The summed E-state index contributed by atoms with van der Waals surface area (Å²) in [6.07, 6.45) is 7.98. The van der Waals surface area contributed by atoms with Crippen LogP contribution in [0.5, 0.6) is 11.5 Å². The maximum Gasteiger partial charge on any atom is 0.238 e. The monoisotopic (exact) mass is 363 g/mol. The number of amides is 1. The summed E-state index contributed by atoms with van der Waals surface area (Å²) >= 11 is 5.19. The van der Waals surface area contributed by atoms with Crippen LogP contribution in [0.25, 0.3) is 0 Å². The summed E-state index contributed by atoms with van der Waals surface area (Å²) in [5.74, 6) is 2.19. The van der Waals surface area contributed by atoms with Crippen LogP contribution in [0.1, 0.15) is 50.5 Å². The van der Waals surface area contributed by atoms with E-state index >= 15 is 0 Å². The molecule has 2 aliphatic rings. The fraction of sp³-hybridized carbons (Fsp3) is 0.556. The van der Waals surface area contributed by atoms with Gasteiger partial charge >= 0.3 is 0 Å². The average molecular weight is 363 g/mol. The summed E-state index contributed by atoms with van der Waals surface area (Å²) in [5, 5.41) is 3.45. The number of hydrogen-bond acceptors (Lipinski definition) is 4. The number of thiocarbonyl (C=S) groups is 1. The lowest BCUT2D eigenvalue weighted by Crippen LogP contribution is -2.46. The SMILES string of the molecule is O=C(CCC1CCCCC1)NNC(=S)NCc1ccc2c(c1)OCO2. The molecule has 6 nitrogen and oxygen atoms in total. The number of benzene rings is 1. The van der Waals surface area contributed by atoms with E-state index in [1.807, 2.05) is 18.2 Å². The molecule has 1 fully saturated rings. The number of carbonyl (C=O) groups excluding carboxylic acids is 1. The Bertz CT molecular complexity index is 618. The number of ether oxygens (including phenoxy) is 2. The first-order chi connectivity index (χ1) is 12.2. The van der Waals surface area contributed by atoms with Gasteiger partial charge in [-0.15, -0.1) is 0 Å². The lowest BCUT2D eigenvalue weighted by molar-refractivity contribution is -0.122. The first-order valence-corrected chi connectivity index (χ1v) is 9.33. The van der Waals surface area contributed by atoms with Crippen molar-refractivity contribution in [2.24, 2.45) is 5.92 Å². The van der Waals surface area contributed by atoms with Crippen LogP contribution >= 0.6 is 12.2 Å². The van der Waals surface area contributed by atoms with Crippen molar-refractivity contribution in [3.8, 4) is 11.5 Å². The van der Waals surface area contributed by atoms with Crippen molar-refractivity contribution >= 4 is 23.2 Å². The second kappa shape index (κ2) is 8.89. The van der Waals surface area contributed by atoms with Crippen molar-refractivity contribution in [1.82, 2.24) is 16.2 Å². The highest BCUT2D eigenvalue weighted by molar-refractivity contribution is 7.80. The maximum atomic E-state index is 11.9. The van der Waals surface area contributed by atoms with Crippen LogP contribution in [0.15, 0.2) is 18.2 Å². The third-order valence-electron chi connectivity index (χ3n) is 4.71. The minimum Gasteiger partial charge on any atom is -0.454 e. The molecule has 0 saturated heterocycles. The Morgan fingerprint density at radius 1 is 1.12 bits per heavy atom. The zero-order chi connectivity index (χ0) is 17.5.